The Kier molecular flexibility index (Phi) is 5.40. The van der Waals surface area contributed by atoms with Gasteiger partial charge in [-0.3, -0.25) is 4.79 Å². The molecule has 1 amide bonds. The van der Waals surface area contributed by atoms with E-state index in [0.717, 1.165) is 51.5 Å². The number of piperazine rings is 1. The van der Waals surface area contributed by atoms with Crippen molar-refractivity contribution in [1.29, 1.82) is 0 Å². The van der Waals surface area contributed by atoms with Crippen molar-refractivity contribution in [1.82, 2.24) is 15.1 Å². The zero-order valence-electron chi connectivity index (χ0n) is 14.3. The monoisotopic (exact) mass is 307 g/mol. The molecule has 1 N–H and O–H groups in total. The Labute approximate surface area is 135 Å². The maximum Gasteiger partial charge on any atom is 0.223 e. The molecular formula is C18H33N3O. The van der Waals surface area contributed by atoms with Crippen LogP contribution in [-0.2, 0) is 4.79 Å². The minimum absolute atomic E-state index is 0.163. The van der Waals surface area contributed by atoms with Crippen LogP contribution < -0.4 is 5.32 Å². The van der Waals surface area contributed by atoms with Crippen LogP contribution in [0.15, 0.2) is 0 Å². The molecule has 2 heterocycles. The Hall–Kier alpha value is -0.610. The van der Waals surface area contributed by atoms with Gasteiger partial charge in [0, 0.05) is 26.1 Å². The van der Waals surface area contributed by atoms with E-state index in [4.69, 9.17) is 0 Å². The maximum absolute atomic E-state index is 12.9. The highest BCUT2D eigenvalue weighted by Crippen LogP contribution is 2.37. The van der Waals surface area contributed by atoms with Crippen LogP contribution in [0.3, 0.4) is 0 Å². The zero-order valence-corrected chi connectivity index (χ0v) is 14.3. The van der Waals surface area contributed by atoms with E-state index < -0.39 is 0 Å². The van der Waals surface area contributed by atoms with E-state index >= 15 is 0 Å². The minimum atomic E-state index is 0.163. The number of carbonyl (C=O) groups excluding carboxylic acids is 1. The second-order valence-electron chi connectivity index (χ2n) is 7.80. The summed E-state index contributed by atoms with van der Waals surface area (Å²) in [5.41, 5.74) is 0.163. The third kappa shape index (κ3) is 3.65. The molecular weight excluding hydrogens is 274 g/mol. The molecule has 2 aliphatic heterocycles. The summed E-state index contributed by atoms with van der Waals surface area (Å²) in [4.78, 5) is 17.6. The van der Waals surface area contributed by atoms with E-state index in [1.807, 2.05) is 0 Å². The van der Waals surface area contributed by atoms with Gasteiger partial charge in [-0.05, 0) is 58.2 Å². The molecule has 0 aromatic carbocycles. The van der Waals surface area contributed by atoms with Crippen molar-refractivity contribution in [3.05, 3.63) is 0 Å². The summed E-state index contributed by atoms with van der Waals surface area (Å²) in [5.74, 6) is 1.20. The highest BCUT2D eigenvalue weighted by molar-refractivity contribution is 5.77. The summed E-state index contributed by atoms with van der Waals surface area (Å²) in [6.45, 7) is 5.35. The summed E-state index contributed by atoms with van der Waals surface area (Å²) >= 11 is 0. The fraction of sp³-hybridized carbons (Fsp3) is 0.944. The number of likely N-dealkylation sites (N-methyl/N-ethyl adjacent to an activating group) is 1. The summed E-state index contributed by atoms with van der Waals surface area (Å²) in [5, 5.41) is 3.42. The van der Waals surface area contributed by atoms with Crippen LogP contribution in [0.4, 0.5) is 0 Å². The van der Waals surface area contributed by atoms with Gasteiger partial charge in [-0.25, -0.2) is 0 Å². The lowest BCUT2D eigenvalue weighted by Crippen LogP contribution is -2.63. The first-order chi connectivity index (χ1) is 10.7. The molecule has 126 valence electrons. The lowest BCUT2D eigenvalue weighted by atomic mass is 9.78. The summed E-state index contributed by atoms with van der Waals surface area (Å²) < 4.78 is 0. The Morgan fingerprint density at radius 1 is 1.14 bits per heavy atom. The van der Waals surface area contributed by atoms with Crippen molar-refractivity contribution in [2.45, 2.75) is 63.3 Å². The van der Waals surface area contributed by atoms with E-state index in [-0.39, 0.29) is 5.54 Å². The van der Waals surface area contributed by atoms with Crippen LogP contribution >= 0.6 is 0 Å². The summed E-state index contributed by atoms with van der Waals surface area (Å²) in [6, 6.07) is 0. The van der Waals surface area contributed by atoms with Crippen molar-refractivity contribution in [3.8, 4) is 0 Å². The number of rotatable bonds is 3. The largest absolute Gasteiger partial charge is 0.334 e. The second kappa shape index (κ2) is 7.31. The van der Waals surface area contributed by atoms with E-state index in [2.05, 4.69) is 22.2 Å². The van der Waals surface area contributed by atoms with Crippen LogP contribution in [0.5, 0.6) is 0 Å². The molecule has 2 saturated heterocycles. The average Bonchev–Trinajstić information content (AvgIpc) is 2.54. The quantitative estimate of drug-likeness (QED) is 0.868. The number of carbonyl (C=O) groups is 1. The fourth-order valence-electron chi connectivity index (χ4n) is 4.83. The van der Waals surface area contributed by atoms with Gasteiger partial charge in [0.05, 0.1) is 5.54 Å². The Balaban J connectivity index is 1.58. The molecule has 4 nitrogen and oxygen atoms in total. The molecule has 3 fully saturated rings. The van der Waals surface area contributed by atoms with Gasteiger partial charge in [-0.15, -0.1) is 0 Å². The van der Waals surface area contributed by atoms with E-state index in [1.165, 1.54) is 44.9 Å². The van der Waals surface area contributed by atoms with Crippen molar-refractivity contribution in [2.24, 2.45) is 5.92 Å². The molecule has 0 unspecified atom stereocenters. The van der Waals surface area contributed by atoms with Gasteiger partial charge < -0.3 is 15.1 Å². The van der Waals surface area contributed by atoms with Crippen LogP contribution in [0, 0.1) is 5.92 Å². The molecule has 4 heteroatoms. The molecule has 0 radical (unpaired) electrons. The molecule has 1 spiro atoms. The molecule has 22 heavy (non-hydrogen) atoms. The number of hydrogen-bond acceptors (Lipinski definition) is 3. The lowest BCUT2D eigenvalue weighted by molar-refractivity contribution is -0.144. The standard InChI is InChI=1S/C18H33N3O/c1-20-13-14-21(18(15-20)9-3-2-4-10-18)17(22)6-5-16-7-11-19-12-8-16/h16,19H,2-15H2,1H3. The van der Waals surface area contributed by atoms with Gasteiger partial charge >= 0.3 is 0 Å². The van der Waals surface area contributed by atoms with E-state index in [0.29, 0.717) is 5.91 Å². The molecule has 0 aromatic heterocycles. The molecule has 1 saturated carbocycles. The summed E-state index contributed by atoms with van der Waals surface area (Å²) in [7, 11) is 2.22. The normalized spacial score (nSPS) is 27.2. The SMILES string of the molecule is CN1CCN(C(=O)CCC2CCNCC2)C2(CCCCC2)C1. The number of amides is 1. The highest BCUT2D eigenvalue weighted by Gasteiger charge is 2.43. The minimum Gasteiger partial charge on any atom is -0.334 e. The topological polar surface area (TPSA) is 35.6 Å². The van der Waals surface area contributed by atoms with Gasteiger partial charge in [0.2, 0.25) is 5.91 Å². The first-order valence-electron chi connectivity index (χ1n) is 9.39. The second-order valence-corrected chi connectivity index (χ2v) is 7.80. The Bertz CT molecular complexity index is 373. The van der Waals surface area contributed by atoms with Gasteiger partial charge in [0.15, 0.2) is 0 Å². The predicted octanol–water partition coefficient (Wildman–Crippen LogP) is 2.24. The number of hydrogen-bond donors (Lipinski definition) is 1. The van der Waals surface area contributed by atoms with Gasteiger partial charge in [-0.1, -0.05) is 19.3 Å². The third-order valence-corrected chi connectivity index (χ3v) is 6.15. The Morgan fingerprint density at radius 3 is 2.59 bits per heavy atom. The fourth-order valence-corrected chi connectivity index (χ4v) is 4.83. The highest BCUT2D eigenvalue weighted by atomic mass is 16.2. The van der Waals surface area contributed by atoms with E-state index in [1.54, 1.807) is 0 Å². The number of piperidine rings is 1. The molecule has 0 bridgehead atoms. The molecule has 0 aromatic rings. The molecule has 3 aliphatic rings. The van der Waals surface area contributed by atoms with Crippen LogP contribution in [0.25, 0.3) is 0 Å². The molecule has 0 atom stereocenters. The maximum atomic E-state index is 12.9. The molecule has 1 aliphatic carbocycles. The van der Waals surface area contributed by atoms with Crippen molar-refractivity contribution < 1.29 is 4.79 Å². The van der Waals surface area contributed by atoms with E-state index in [9.17, 15) is 4.79 Å². The van der Waals surface area contributed by atoms with Crippen LogP contribution in [0.1, 0.15) is 57.8 Å². The third-order valence-electron chi connectivity index (χ3n) is 6.15. The first-order valence-corrected chi connectivity index (χ1v) is 9.39. The summed E-state index contributed by atoms with van der Waals surface area (Å²) in [6.07, 6.45) is 10.8. The Morgan fingerprint density at radius 2 is 1.86 bits per heavy atom. The van der Waals surface area contributed by atoms with Crippen LogP contribution in [-0.4, -0.2) is 61.0 Å². The van der Waals surface area contributed by atoms with Crippen molar-refractivity contribution in [3.63, 3.8) is 0 Å². The van der Waals surface area contributed by atoms with Gasteiger partial charge in [0.25, 0.3) is 0 Å². The lowest BCUT2D eigenvalue weighted by Gasteiger charge is -2.52. The average molecular weight is 307 g/mol. The van der Waals surface area contributed by atoms with Gasteiger partial charge in [-0.2, -0.15) is 0 Å². The van der Waals surface area contributed by atoms with Crippen LogP contribution in [0.2, 0.25) is 0 Å². The molecule has 3 rings (SSSR count). The van der Waals surface area contributed by atoms with Crippen molar-refractivity contribution in [2.75, 3.05) is 39.8 Å². The number of nitrogens with one attached hydrogen (secondary N) is 1. The van der Waals surface area contributed by atoms with Crippen molar-refractivity contribution >= 4 is 5.91 Å². The van der Waals surface area contributed by atoms with Gasteiger partial charge in [0.1, 0.15) is 0 Å². The zero-order chi connectivity index (χ0) is 15.4. The number of nitrogens with zero attached hydrogens (tertiary/aromatic N) is 2. The smallest absolute Gasteiger partial charge is 0.223 e. The first kappa shape index (κ1) is 16.3. The predicted molar refractivity (Wildman–Crippen MR) is 89.9 cm³/mol.